The van der Waals surface area contributed by atoms with Crippen molar-refractivity contribution in [3.05, 3.63) is 53.6 Å². The van der Waals surface area contributed by atoms with Crippen LogP contribution in [0.2, 0.25) is 5.02 Å². The molecule has 0 fully saturated rings. The van der Waals surface area contributed by atoms with Crippen molar-refractivity contribution < 1.29 is 9.59 Å². The third-order valence-electron chi connectivity index (χ3n) is 2.68. The zero-order chi connectivity index (χ0) is 15.9. The van der Waals surface area contributed by atoms with Crippen LogP contribution < -0.4 is 10.6 Å². The predicted molar refractivity (Wildman–Crippen MR) is 91.6 cm³/mol. The minimum absolute atomic E-state index is 0.120. The molecule has 0 heterocycles. The second-order valence-electron chi connectivity index (χ2n) is 4.52. The van der Waals surface area contributed by atoms with E-state index in [-0.39, 0.29) is 17.6 Å². The standard InChI is InChI=1S/C16H15ClN2O2S/c1-11(20)18-14-4-2-3-5-15(14)22-10-16(21)19-13-8-6-12(17)7-9-13/h2-9H,10H2,1H3,(H,18,20)(H,19,21). The average Bonchev–Trinajstić information content (AvgIpc) is 2.48. The number of benzene rings is 2. The van der Waals surface area contributed by atoms with Crippen LogP contribution in [0.1, 0.15) is 6.92 Å². The van der Waals surface area contributed by atoms with Gasteiger partial charge in [-0.3, -0.25) is 9.59 Å². The van der Waals surface area contributed by atoms with Crippen molar-refractivity contribution in [2.75, 3.05) is 16.4 Å². The van der Waals surface area contributed by atoms with Crippen LogP contribution >= 0.6 is 23.4 Å². The SMILES string of the molecule is CC(=O)Nc1ccccc1SCC(=O)Nc1ccc(Cl)cc1. The lowest BCUT2D eigenvalue weighted by Gasteiger charge is -2.09. The molecule has 4 nitrogen and oxygen atoms in total. The van der Waals surface area contributed by atoms with Crippen LogP contribution in [0.15, 0.2) is 53.4 Å². The Morgan fingerprint density at radius 1 is 1.05 bits per heavy atom. The van der Waals surface area contributed by atoms with Crippen LogP contribution in [-0.4, -0.2) is 17.6 Å². The zero-order valence-electron chi connectivity index (χ0n) is 11.9. The molecule has 0 unspecified atom stereocenters. The molecular weight excluding hydrogens is 320 g/mol. The summed E-state index contributed by atoms with van der Waals surface area (Å²) < 4.78 is 0. The quantitative estimate of drug-likeness (QED) is 0.812. The largest absolute Gasteiger partial charge is 0.325 e. The van der Waals surface area contributed by atoms with Crippen LogP contribution in [0.3, 0.4) is 0 Å². The van der Waals surface area contributed by atoms with Gasteiger partial charge < -0.3 is 10.6 Å². The van der Waals surface area contributed by atoms with Gasteiger partial charge in [0, 0.05) is 22.5 Å². The maximum atomic E-state index is 12.0. The molecule has 2 rings (SSSR count). The lowest BCUT2D eigenvalue weighted by molar-refractivity contribution is -0.114. The Morgan fingerprint density at radius 2 is 1.73 bits per heavy atom. The highest BCUT2D eigenvalue weighted by Crippen LogP contribution is 2.27. The summed E-state index contributed by atoms with van der Waals surface area (Å²) in [6.45, 7) is 1.45. The highest BCUT2D eigenvalue weighted by molar-refractivity contribution is 8.00. The molecule has 2 aromatic carbocycles. The molecule has 22 heavy (non-hydrogen) atoms. The highest BCUT2D eigenvalue weighted by Gasteiger charge is 2.08. The number of hydrogen-bond acceptors (Lipinski definition) is 3. The van der Waals surface area contributed by atoms with E-state index in [0.717, 1.165) is 4.90 Å². The molecule has 0 atom stereocenters. The first-order valence-corrected chi connectivity index (χ1v) is 7.96. The van der Waals surface area contributed by atoms with Gasteiger partial charge in [-0.2, -0.15) is 0 Å². The molecule has 2 N–H and O–H groups in total. The Balaban J connectivity index is 1.93. The predicted octanol–water partition coefficient (Wildman–Crippen LogP) is 4.03. The Bertz CT molecular complexity index is 674. The Labute approximate surface area is 138 Å². The number of anilines is 2. The summed E-state index contributed by atoms with van der Waals surface area (Å²) in [5, 5.41) is 6.16. The number of amides is 2. The van der Waals surface area contributed by atoms with Crippen LogP contribution in [0.25, 0.3) is 0 Å². The van der Waals surface area contributed by atoms with E-state index in [2.05, 4.69) is 10.6 Å². The number of rotatable bonds is 5. The second kappa shape index (κ2) is 7.87. The van der Waals surface area contributed by atoms with Crippen molar-refractivity contribution in [3.63, 3.8) is 0 Å². The monoisotopic (exact) mass is 334 g/mol. The molecule has 6 heteroatoms. The molecule has 2 aromatic rings. The number of carbonyl (C=O) groups excluding carboxylic acids is 2. The molecule has 114 valence electrons. The molecule has 0 saturated heterocycles. The van der Waals surface area contributed by atoms with Crippen molar-refractivity contribution in [3.8, 4) is 0 Å². The smallest absolute Gasteiger partial charge is 0.234 e. The van der Waals surface area contributed by atoms with E-state index in [1.54, 1.807) is 30.3 Å². The first-order chi connectivity index (χ1) is 10.5. The van der Waals surface area contributed by atoms with Crippen molar-refractivity contribution in [2.45, 2.75) is 11.8 Å². The fourth-order valence-electron chi connectivity index (χ4n) is 1.76. The number of nitrogens with one attached hydrogen (secondary N) is 2. The Hall–Kier alpha value is -1.98. The van der Waals surface area contributed by atoms with Crippen LogP contribution in [0.5, 0.6) is 0 Å². The van der Waals surface area contributed by atoms with Gasteiger partial charge in [0.2, 0.25) is 11.8 Å². The minimum atomic E-state index is -0.140. The van der Waals surface area contributed by atoms with E-state index in [0.29, 0.717) is 16.4 Å². The van der Waals surface area contributed by atoms with Gasteiger partial charge >= 0.3 is 0 Å². The minimum Gasteiger partial charge on any atom is -0.325 e. The fraction of sp³-hybridized carbons (Fsp3) is 0.125. The summed E-state index contributed by atoms with van der Waals surface area (Å²) in [4.78, 5) is 24.0. The summed E-state index contributed by atoms with van der Waals surface area (Å²) in [6.07, 6.45) is 0. The second-order valence-corrected chi connectivity index (χ2v) is 5.97. The van der Waals surface area contributed by atoms with Crippen molar-refractivity contribution in [2.24, 2.45) is 0 Å². The third kappa shape index (κ3) is 5.09. The Kier molecular flexibility index (Phi) is 5.86. The van der Waals surface area contributed by atoms with Gasteiger partial charge in [-0.05, 0) is 36.4 Å². The highest BCUT2D eigenvalue weighted by atomic mass is 35.5. The van der Waals surface area contributed by atoms with E-state index in [1.165, 1.54) is 18.7 Å². The topological polar surface area (TPSA) is 58.2 Å². The number of para-hydroxylation sites is 1. The van der Waals surface area contributed by atoms with Gasteiger partial charge in [-0.15, -0.1) is 11.8 Å². The molecule has 0 aliphatic heterocycles. The van der Waals surface area contributed by atoms with Gasteiger partial charge in [0.1, 0.15) is 0 Å². The molecule has 2 amide bonds. The van der Waals surface area contributed by atoms with Gasteiger partial charge in [0.05, 0.1) is 11.4 Å². The number of carbonyl (C=O) groups is 2. The van der Waals surface area contributed by atoms with Gasteiger partial charge in [0.25, 0.3) is 0 Å². The summed E-state index contributed by atoms with van der Waals surface area (Å²) in [7, 11) is 0. The normalized spacial score (nSPS) is 10.1. The maximum absolute atomic E-state index is 12.0. The summed E-state index contributed by atoms with van der Waals surface area (Å²) in [6, 6.07) is 14.3. The number of halogens is 1. The summed E-state index contributed by atoms with van der Waals surface area (Å²) in [5.41, 5.74) is 1.41. The zero-order valence-corrected chi connectivity index (χ0v) is 13.5. The molecule has 0 spiro atoms. The van der Waals surface area contributed by atoms with E-state index in [1.807, 2.05) is 18.2 Å². The summed E-state index contributed by atoms with van der Waals surface area (Å²) >= 11 is 7.16. The maximum Gasteiger partial charge on any atom is 0.234 e. The lowest BCUT2D eigenvalue weighted by atomic mass is 10.3. The molecule has 0 aliphatic rings. The van der Waals surface area contributed by atoms with Crippen molar-refractivity contribution in [1.29, 1.82) is 0 Å². The molecule has 0 aliphatic carbocycles. The van der Waals surface area contributed by atoms with E-state index >= 15 is 0 Å². The number of thioether (sulfide) groups is 1. The first-order valence-electron chi connectivity index (χ1n) is 6.59. The fourth-order valence-corrected chi connectivity index (χ4v) is 2.69. The van der Waals surface area contributed by atoms with Crippen LogP contribution in [0, 0.1) is 0 Å². The third-order valence-corrected chi connectivity index (χ3v) is 4.01. The Morgan fingerprint density at radius 3 is 2.41 bits per heavy atom. The van der Waals surface area contributed by atoms with Gasteiger partial charge in [-0.25, -0.2) is 0 Å². The van der Waals surface area contributed by atoms with E-state index < -0.39 is 0 Å². The van der Waals surface area contributed by atoms with Crippen LogP contribution in [0.4, 0.5) is 11.4 Å². The van der Waals surface area contributed by atoms with Crippen molar-refractivity contribution >= 4 is 46.6 Å². The van der Waals surface area contributed by atoms with Crippen molar-refractivity contribution in [1.82, 2.24) is 0 Å². The molecular formula is C16H15ClN2O2S. The molecule has 0 saturated carbocycles. The van der Waals surface area contributed by atoms with Gasteiger partial charge in [-0.1, -0.05) is 23.7 Å². The molecule has 0 aromatic heterocycles. The lowest BCUT2D eigenvalue weighted by Crippen LogP contribution is -2.14. The molecule has 0 radical (unpaired) electrons. The number of hydrogen-bond donors (Lipinski definition) is 2. The molecule has 0 bridgehead atoms. The first kappa shape index (κ1) is 16.4. The van der Waals surface area contributed by atoms with Gasteiger partial charge in [0.15, 0.2) is 0 Å². The summed E-state index contributed by atoms with van der Waals surface area (Å²) in [5.74, 6) is -0.0113. The van der Waals surface area contributed by atoms with E-state index in [4.69, 9.17) is 11.6 Å². The van der Waals surface area contributed by atoms with Crippen LogP contribution in [-0.2, 0) is 9.59 Å². The van der Waals surface area contributed by atoms with E-state index in [9.17, 15) is 9.59 Å². The average molecular weight is 335 g/mol.